The molecule has 10 aromatic carbocycles. The molecular weight excluding hydrogens is 1150 g/mol. The SMILES string of the molecule is Cn1c2ccccc2c2cc(N(c3ccc(C(C)(C)C)cc3)c3ccc(C(C)(C)C)cc3)cc(N3c4ccc(C(C)(C)C)cc4B4c5cc(C(C)(C)C)ccc5N(c5ccc(C(C)(C)C)cc5)c5cc(N(c6ccc(C(C)(C)C)cc6)c6ccc(C(C)(C)C)cc6)cc3c54)c21. The second kappa shape index (κ2) is 22.7. The molecule has 0 radical (unpaired) electrons. The fourth-order valence-electron chi connectivity index (χ4n) is 14.6. The van der Waals surface area contributed by atoms with E-state index < -0.39 is 0 Å². The molecule has 3 heterocycles. The van der Waals surface area contributed by atoms with Crippen molar-refractivity contribution in [2.75, 3.05) is 19.6 Å². The van der Waals surface area contributed by atoms with Crippen molar-refractivity contribution in [1.29, 1.82) is 0 Å². The summed E-state index contributed by atoms with van der Waals surface area (Å²) in [6, 6.07) is 80.9. The lowest BCUT2D eigenvalue weighted by molar-refractivity contribution is 0.590. The second-order valence-electron chi connectivity index (χ2n) is 34.6. The summed E-state index contributed by atoms with van der Waals surface area (Å²) in [5, 5.41) is 2.41. The van der Waals surface area contributed by atoms with Crippen LogP contribution in [0.3, 0.4) is 0 Å². The van der Waals surface area contributed by atoms with E-state index in [2.05, 4.69) is 383 Å². The zero-order chi connectivity index (χ0) is 68.0. The molecule has 2 aliphatic rings. The van der Waals surface area contributed by atoms with Gasteiger partial charge in [0.1, 0.15) is 0 Å². The molecule has 0 amide bonds. The van der Waals surface area contributed by atoms with Gasteiger partial charge in [0.05, 0.1) is 16.9 Å². The number of rotatable bonds is 8. The van der Waals surface area contributed by atoms with Crippen molar-refractivity contribution >= 4 is 113 Å². The highest BCUT2D eigenvalue weighted by molar-refractivity contribution is 7.00. The van der Waals surface area contributed by atoms with Crippen molar-refractivity contribution in [2.45, 2.75) is 183 Å². The zero-order valence-corrected chi connectivity index (χ0v) is 60.9. The number of benzene rings is 10. The Hall–Kier alpha value is -8.74. The average molecular weight is 1250 g/mol. The van der Waals surface area contributed by atoms with Crippen molar-refractivity contribution < 1.29 is 0 Å². The minimum absolute atomic E-state index is 0.0194. The zero-order valence-electron chi connectivity index (χ0n) is 60.9. The van der Waals surface area contributed by atoms with Gasteiger partial charge in [-0.05, 0) is 196 Å². The predicted octanol–water partition coefficient (Wildman–Crippen LogP) is 23.4. The Kier molecular flexibility index (Phi) is 15.5. The van der Waals surface area contributed by atoms with Gasteiger partial charge < -0.3 is 24.2 Å². The van der Waals surface area contributed by atoms with Crippen LogP contribution < -0.4 is 36.0 Å². The van der Waals surface area contributed by atoms with Gasteiger partial charge >= 0.3 is 0 Å². The molecular formula is C89H100BN5. The molecule has 95 heavy (non-hydrogen) atoms. The fraction of sp³-hybridized carbons (Fsp3) is 0.326. The van der Waals surface area contributed by atoms with Gasteiger partial charge in [0.2, 0.25) is 0 Å². The van der Waals surface area contributed by atoms with Gasteiger partial charge in [-0.1, -0.05) is 249 Å². The van der Waals surface area contributed by atoms with E-state index in [0.717, 1.165) is 62.4 Å². The third-order valence-corrected chi connectivity index (χ3v) is 20.5. The van der Waals surface area contributed by atoms with Crippen LogP contribution in [-0.2, 0) is 45.0 Å². The molecule has 2 aliphatic heterocycles. The number of hydrogen-bond acceptors (Lipinski definition) is 4. The summed E-state index contributed by atoms with van der Waals surface area (Å²) >= 11 is 0. The van der Waals surface area contributed by atoms with E-state index in [1.807, 2.05) is 0 Å². The Labute approximate surface area is 569 Å². The van der Waals surface area contributed by atoms with Gasteiger partial charge in [-0.3, -0.25) is 0 Å². The van der Waals surface area contributed by atoms with Gasteiger partial charge in [0, 0.05) is 80.2 Å². The van der Waals surface area contributed by atoms with Gasteiger partial charge in [-0.2, -0.15) is 0 Å². The number of fused-ring (bicyclic) bond motifs is 7. The first kappa shape index (κ1) is 64.9. The summed E-state index contributed by atoms with van der Waals surface area (Å²) in [7, 11) is 2.28. The number of anilines is 12. The molecule has 0 saturated carbocycles. The van der Waals surface area contributed by atoms with E-state index in [1.165, 1.54) is 83.0 Å². The highest BCUT2D eigenvalue weighted by Gasteiger charge is 2.46. The lowest BCUT2D eigenvalue weighted by atomic mass is 9.33. The van der Waals surface area contributed by atoms with E-state index in [0.29, 0.717) is 0 Å². The monoisotopic (exact) mass is 1250 g/mol. The maximum atomic E-state index is 2.69. The van der Waals surface area contributed by atoms with Gasteiger partial charge in [0.15, 0.2) is 0 Å². The number of nitrogens with zero attached hydrogens (tertiary/aromatic N) is 5. The minimum Gasteiger partial charge on any atom is -0.342 e. The van der Waals surface area contributed by atoms with Crippen LogP contribution in [0.15, 0.2) is 206 Å². The van der Waals surface area contributed by atoms with Crippen LogP contribution in [0.25, 0.3) is 21.8 Å². The van der Waals surface area contributed by atoms with Crippen molar-refractivity contribution in [2.24, 2.45) is 7.05 Å². The van der Waals surface area contributed by atoms with Crippen LogP contribution in [0, 0.1) is 0 Å². The van der Waals surface area contributed by atoms with Crippen molar-refractivity contribution in [3.05, 3.63) is 245 Å². The molecule has 11 aromatic rings. The van der Waals surface area contributed by atoms with E-state index >= 15 is 0 Å². The smallest absolute Gasteiger partial charge is 0.252 e. The van der Waals surface area contributed by atoms with E-state index in [-0.39, 0.29) is 44.6 Å². The molecule has 6 heteroatoms. The normalized spacial score (nSPS) is 13.7. The number of aryl methyl sites for hydroxylation is 1. The molecule has 0 unspecified atom stereocenters. The third kappa shape index (κ3) is 11.8. The Balaban J connectivity index is 1.20. The molecule has 0 fully saturated rings. The standard InChI is InChI=1S/C89H100BN5/c1-83(2,3)57-27-39-64(40-28-57)92(65-41-29-58(30-42-65)84(4,5)6)69-53-72-71-25-23-24-26-75(71)91(22)82(72)80(56-69)95-77-50-38-63(89(19,20)21)52-74(77)90-73-51-62(88(16,17)18)37-49-76(73)94(68-47-35-61(36-48-68)87(13,14)15)78-54-70(55-79(95)81(78)90)93(66-43-31-59(32-44-66)85(7,8)9)67-45-33-60(34-46-67)86(10,11)12/h23-56H,1-22H3. The minimum atomic E-state index is -0.140. The Morgan fingerprint density at radius 3 is 0.968 bits per heavy atom. The molecule has 0 aliphatic carbocycles. The third-order valence-electron chi connectivity index (χ3n) is 20.5. The van der Waals surface area contributed by atoms with Crippen molar-refractivity contribution in [3.63, 3.8) is 0 Å². The van der Waals surface area contributed by atoms with Crippen LogP contribution in [0.4, 0.5) is 68.2 Å². The highest BCUT2D eigenvalue weighted by atomic mass is 15.2. The maximum Gasteiger partial charge on any atom is 0.252 e. The van der Waals surface area contributed by atoms with Crippen molar-refractivity contribution in [3.8, 4) is 0 Å². The molecule has 0 atom stereocenters. The van der Waals surface area contributed by atoms with Gasteiger partial charge in [-0.25, -0.2) is 0 Å². The maximum absolute atomic E-state index is 2.69. The quantitative estimate of drug-likeness (QED) is 0.141. The molecule has 484 valence electrons. The fourth-order valence-corrected chi connectivity index (χ4v) is 14.6. The summed E-state index contributed by atoms with van der Waals surface area (Å²) in [6.45, 7) is 48.7. The molecule has 0 saturated heterocycles. The first-order chi connectivity index (χ1) is 44.4. The van der Waals surface area contributed by atoms with Gasteiger partial charge in [0.25, 0.3) is 6.71 Å². The molecule has 13 rings (SSSR count). The lowest BCUT2D eigenvalue weighted by Crippen LogP contribution is -2.61. The predicted molar refractivity (Wildman–Crippen MR) is 415 cm³/mol. The highest BCUT2D eigenvalue weighted by Crippen LogP contribution is 2.53. The largest absolute Gasteiger partial charge is 0.342 e. The second-order valence-corrected chi connectivity index (χ2v) is 34.6. The molecule has 0 spiro atoms. The molecule has 0 bridgehead atoms. The van der Waals surface area contributed by atoms with Crippen LogP contribution in [-0.4, -0.2) is 11.3 Å². The average Bonchev–Trinajstić information content (AvgIpc) is 1.34. The topological polar surface area (TPSA) is 17.9 Å². The van der Waals surface area contributed by atoms with E-state index in [9.17, 15) is 0 Å². The summed E-state index contributed by atoms with van der Waals surface area (Å²) in [5.41, 5.74) is 28.4. The first-order valence-electron chi connectivity index (χ1n) is 34.7. The first-order valence-corrected chi connectivity index (χ1v) is 34.7. The van der Waals surface area contributed by atoms with Crippen LogP contribution in [0.5, 0.6) is 0 Å². The van der Waals surface area contributed by atoms with Crippen LogP contribution in [0.1, 0.15) is 184 Å². The molecule has 1 aromatic heterocycles. The summed E-state index contributed by atoms with van der Waals surface area (Å²) in [6.07, 6.45) is 0. The van der Waals surface area contributed by atoms with Gasteiger partial charge in [-0.15, -0.1) is 0 Å². The van der Waals surface area contributed by atoms with E-state index in [1.54, 1.807) is 0 Å². The van der Waals surface area contributed by atoms with Crippen molar-refractivity contribution in [1.82, 2.24) is 4.57 Å². The lowest BCUT2D eigenvalue weighted by Gasteiger charge is -2.46. The Morgan fingerprint density at radius 2 is 0.589 bits per heavy atom. The molecule has 0 N–H and O–H groups in total. The van der Waals surface area contributed by atoms with E-state index in [4.69, 9.17) is 0 Å². The Bertz CT molecular complexity index is 4610. The number of hydrogen-bond donors (Lipinski definition) is 0. The number of aromatic nitrogens is 1. The summed E-state index contributed by atoms with van der Waals surface area (Å²) in [5.74, 6) is 0. The summed E-state index contributed by atoms with van der Waals surface area (Å²) in [4.78, 5) is 10.3. The molecule has 5 nitrogen and oxygen atoms in total. The number of para-hydroxylation sites is 1. The van der Waals surface area contributed by atoms with Crippen LogP contribution in [0.2, 0.25) is 0 Å². The summed E-state index contributed by atoms with van der Waals surface area (Å²) < 4.78 is 2.46. The van der Waals surface area contributed by atoms with Crippen LogP contribution >= 0.6 is 0 Å². The Morgan fingerprint density at radius 1 is 0.274 bits per heavy atom.